The predicted molar refractivity (Wildman–Crippen MR) is 79.5 cm³/mol. The van der Waals surface area contributed by atoms with Gasteiger partial charge in [-0.15, -0.1) is 0 Å². The second-order valence-corrected chi connectivity index (χ2v) is 6.81. The second kappa shape index (κ2) is 6.74. The number of aliphatic hydroxyl groups excluding tert-OH is 1. The number of benzene rings is 1. The van der Waals surface area contributed by atoms with E-state index in [0.29, 0.717) is 5.56 Å². The number of sulfonamides is 1. The Balaban J connectivity index is 1.98. The largest absolute Gasteiger partial charge is 0.391 e. The van der Waals surface area contributed by atoms with Gasteiger partial charge >= 0.3 is 0 Å². The lowest BCUT2D eigenvalue weighted by Crippen LogP contribution is -2.34. The number of hydrogen-bond acceptors (Lipinski definition) is 4. The molecule has 0 bridgehead atoms. The average Bonchev–Trinajstić information content (AvgIpc) is 2.78. The fourth-order valence-electron chi connectivity index (χ4n) is 1.90. The van der Waals surface area contributed by atoms with Crippen LogP contribution in [0, 0.1) is 5.82 Å². The van der Waals surface area contributed by atoms with Crippen molar-refractivity contribution in [3.63, 3.8) is 0 Å². The van der Waals surface area contributed by atoms with Crippen molar-refractivity contribution >= 4 is 21.6 Å². The average molecular weight is 348 g/mol. The maximum atomic E-state index is 13.0. The minimum Gasteiger partial charge on any atom is -0.391 e. The van der Waals surface area contributed by atoms with Gasteiger partial charge in [-0.1, -0.05) is 23.7 Å². The van der Waals surface area contributed by atoms with Crippen LogP contribution < -0.4 is 4.72 Å². The Bertz CT molecular complexity index is 764. The van der Waals surface area contributed by atoms with Gasteiger partial charge in [0.1, 0.15) is 11.0 Å². The maximum absolute atomic E-state index is 13.0. The zero-order valence-electron chi connectivity index (χ0n) is 11.7. The van der Waals surface area contributed by atoms with Gasteiger partial charge in [0.15, 0.2) is 0 Å². The van der Waals surface area contributed by atoms with E-state index in [1.165, 1.54) is 36.0 Å². The van der Waals surface area contributed by atoms with Crippen molar-refractivity contribution in [2.24, 2.45) is 7.05 Å². The van der Waals surface area contributed by atoms with E-state index < -0.39 is 21.9 Å². The van der Waals surface area contributed by atoms with Crippen molar-refractivity contribution < 1.29 is 17.9 Å². The van der Waals surface area contributed by atoms with Gasteiger partial charge in [0, 0.05) is 13.6 Å². The van der Waals surface area contributed by atoms with Gasteiger partial charge in [-0.2, -0.15) is 0 Å². The van der Waals surface area contributed by atoms with Crippen LogP contribution in [0.3, 0.4) is 0 Å². The van der Waals surface area contributed by atoms with Gasteiger partial charge < -0.3 is 9.67 Å². The SMILES string of the molecule is Cn1c(Cl)cnc1S(=O)(=O)NCC(O)Cc1cccc(F)c1. The standard InChI is InChI=1S/C13H15ClFN3O3S/c1-18-12(14)8-16-13(18)22(20,21)17-7-11(19)6-9-3-2-4-10(15)5-9/h2-5,8,11,17,19H,6-7H2,1H3. The zero-order valence-corrected chi connectivity index (χ0v) is 13.3. The first-order chi connectivity index (χ1) is 10.3. The van der Waals surface area contributed by atoms with Gasteiger partial charge in [0.05, 0.1) is 12.3 Å². The number of halogens is 2. The molecule has 0 fully saturated rings. The molecule has 0 aliphatic rings. The number of aliphatic hydroxyl groups is 1. The van der Waals surface area contributed by atoms with Crippen LogP contribution in [0.2, 0.25) is 5.15 Å². The van der Waals surface area contributed by atoms with Gasteiger partial charge in [-0.05, 0) is 24.1 Å². The Hall–Kier alpha value is -1.48. The highest BCUT2D eigenvalue weighted by molar-refractivity contribution is 7.89. The van der Waals surface area contributed by atoms with Crippen LogP contribution in [-0.4, -0.2) is 35.7 Å². The predicted octanol–water partition coefficient (Wildman–Crippen LogP) is 1.09. The quantitative estimate of drug-likeness (QED) is 0.819. The van der Waals surface area contributed by atoms with Gasteiger partial charge in [0.2, 0.25) is 5.16 Å². The Labute approximate surface area is 132 Å². The molecular weight excluding hydrogens is 333 g/mol. The summed E-state index contributed by atoms with van der Waals surface area (Å²) in [5, 5.41) is 9.82. The molecule has 1 atom stereocenters. The monoisotopic (exact) mass is 347 g/mol. The molecule has 0 aliphatic heterocycles. The first-order valence-electron chi connectivity index (χ1n) is 6.39. The molecule has 6 nitrogen and oxygen atoms in total. The Morgan fingerprint density at radius 1 is 1.50 bits per heavy atom. The van der Waals surface area contributed by atoms with E-state index in [1.807, 2.05) is 0 Å². The van der Waals surface area contributed by atoms with Crippen molar-refractivity contribution in [1.82, 2.24) is 14.3 Å². The summed E-state index contributed by atoms with van der Waals surface area (Å²) in [6, 6.07) is 5.76. The van der Waals surface area contributed by atoms with E-state index in [-0.39, 0.29) is 23.3 Å². The molecule has 0 amide bonds. The third kappa shape index (κ3) is 4.04. The number of hydrogen-bond donors (Lipinski definition) is 2. The Morgan fingerprint density at radius 2 is 2.23 bits per heavy atom. The van der Waals surface area contributed by atoms with Gasteiger partial charge in [0.25, 0.3) is 10.0 Å². The highest BCUT2D eigenvalue weighted by Crippen LogP contribution is 2.13. The smallest absolute Gasteiger partial charge is 0.274 e. The molecule has 9 heteroatoms. The molecule has 0 saturated heterocycles. The van der Waals surface area contributed by atoms with E-state index in [9.17, 15) is 17.9 Å². The van der Waals surface area contributed by atoms with Crippen LogP contribution in [0.15, 0.2) is 35.6 Å². The summed E-state index contributed by atoms with van der Waals surface area (Å²) in [6.07, 6.45) is 0.355. The van der Waals surface area contributed by atoms with E-state index in [1.54, 1.807) is 6.07 Å². The molecule has 2 rings (SSSR count). The highest BCUT2D eigenvalue weighted by atomic mass is 35.5. The molecule has 2 aromatic rings. The first-order valence-corrected chi connectivity index (χ1v) is 8.25. The zero-order chi connectivity index (χ0) is 16.3. The molecule has 0 radical (unpaired) electrons. The highest BCUT2D eigenvalue weighted by Gasteiger charge is 2.22. The topological polar surface area (TPSA) is 84.2 Å². The third-order valence-electron chi connectivity index (χ3n) is 3.00. The summed E-state index contributed by atoms with van der Waals surface area (Å²) in [4.78, 5) is 3.71. The molecule has 0 saturated carbocycles. The van der Waals surface area contributed by atoms with Gasteiger partial charge in [-0.3, -0.25) is 0 Å². The van der Waals surface area contributed by atoms with Crippen molar-refractivity contribution in [3.8, 4) is 0 Å². The molecule has 2 N–H and O–H groups in total. The Morgan fingerprint density at radius 3 is 2.82 bits per heavy atom. The summed E-state index contributed by atoms with van der Waals surface area (Å²) in [5.74, 6) is -0.409. The fourth-order valence-corrected chi connectivity index (χ4v) is 3.27. The van der Waals surface area contributed by atoms with E-state index in [2.05, 4.69) is 9.71 Å². The normalized spacial score (nSPS) is 13.3. The number of nitrogens with one attached hydrogen (secondary N) is 1. The fraction of sp³-hybridized carbons (Fsp3) is 0.308. The Kier molecular flexibility index (Phi) is 5.17. The summed E-state index contributed by atoms with van der Waals surface area (Å²) >= 11 is 5.74. The maximum Gasteiger partial charge on any atom is 0.274 e. The molecule has 1 unspecified atom stereocenters. The van der Waals surface area contributed by atoms with Gasteiger partial charge in [-0.25, -0.2) is 22.5 Å². The van der Waals surface area contributed by atoms with Crippen LogP contribution in [0.1, 0.15) is 5.56 Å². The number of rotatable bonds is 6. The molecule has 1 heterocycles. The van der Waals surface area contributed by atoms with Crippen LogP contribution in [0.25, 0.3) is 0 Å². The molecule has 1 aromatic carbocycles. The van der Waals surface area contributed by atoms with Crippen LogP contribution in [-0.2, 0) is 23.5 Å². The molecule has 1 aromatic heterocycles. The lowest BCUT2D eigenvalue weighted by atomic mass is 10.1. The first kappa shape index (κ1) is 16.9. The molecule has 120 valence electrons. The number of nitrogens with zero attached hydrogens (tertiary/aromatic N) is 2. The van der Waals surface area contributed by atoms with Crippen LogP contribution in [0.4, 0.5) is 4.39 Å². The van der Waals surface area contributed by atoms with Crippen molar-refractivity contribution in [2.45, 2.75) is 17.7 Å². The molecule has 0 spiro atoms. The number of imidazole rings is 1. The summed E-state index contributed by atoms with van der Waals surface area (Å²) in [6.45, 7) is -0.219. The summed E-state index contributed by atoms with van der Waals surface area (Å²) in [5.41, 5.74) is 0.576. The van der Waals surface area contributed by atoms with Crippen LogP contribution >= 0.6 is 11.6 Å². The lowest BCUT2D eigenvalue weighted by Gasteiger charge is -2.12. The third-order valence-corrected chi connectivity index (χ3v) is 4.76. The minimum absolute atomic E-state index is 0.127. The number of aromatic nitrogens is 2. The van der Waals surface area contributed by atoms with Crippen molar-refractivity contribution in [3.05, 3.63) is 47.0 Å². The van der Waals surface area contributed by atoms with Crippen molar-refractivity contribution in [2.75, 3.05) is 6.54 Å². The lowest BCUT2D eigenvalue weighted by molar-refractivity contribution is 0.178. The summed E-state index contributed by atoms with van der Waals surface area (Å²) in [7, 11) is -2.42. The van der Waals surface area contributed by atoms with E-state index in [4.69, 9.17) is 11.6 Å². The van der Waals surface area contributed by atoms with E-state index in [0.717, 1.165) is 0 Å². The van der Waals surface area contributed by atoms with E-state index >= 15 is 0 Å². The summed E-state index contributed by atoms with van der Waals surface area (Å²) < 4.78 is 40.6. The van der Waals surface area contributed by atoms with Crippen LogP contribution in [0.5, 0.6) is 0 Å². The minimum atomic E-state index is -3.88. The molecule has 22 heavy (non-hydrogen) atoms. The molecular formula is C13H15ClFN3O3S. The molecule has 0 aliphatic carbocycles. The second-order valence-electron chi connectivity index (χ2n) is 4.76. The van der Waals surface area contributed by atoms with Crippen molar-refractivity contribution in [1.29, 1.82) is 0 Å².